The van der Waals surface area contributed by atoms with Crippen LogP contribution in [0.3, 0.4) is 0 Å². The molecule has 2 aromatic heterocycles. The fourth-order valence-electron chi connectivity index (χ4n) is 5.30. The van der Waals surface area contributed by atoms with Gasteiger partial charge in [0.25, 0.3) is 0 Å². The molecule has 1 aromatic carbocycles. The van der Waals surface area contributed by atoms with Crippen LogP contribution in [-0.2, 0) is 12.8 Å². The van der Waals surface area contributed by atoms with Gasteiger partial charge in [-0.15, -0.1) is 0 Å². The van der Waals surface area contributed by atoms with Crippen LogP contribution in [0.2, 0.25) is 5.02 Å². The second-order valence-electron chi connectivity index (χ2n) is 9.42. The van der Waals surface area contributed by atoms with E-state index in [-0.39, 0.29) is 0 Å². The maximum Gasteiger partial charge on any atom is 0.158 e. The SMILES string of the molecule is Nc1nc(N2CCC3(CC2)Cc2ccccc2C3)cnc1Sc1ccnc(N2CCC2)c1Cl. The largest absolute Gasteiger partial charge is 0.381 e. The summed E-state index contributed by atoms with van der Waals surface area (Å²) in [7, 11) is 0. The van der Waals surface area contributed by atoms with Crippen molar-refractivity contribution in [3.8, 4) is 0 Å². The lowest BCUT2D eigenvalue weighted by molar-refractivity contribution is 0.232. The normalized spacial score (nSPS) is 18.9. The molecule has 0 amide bonds. The van der Waals surface area contributed by atoms with Crippen molar-refractivity contribution >= 4 is 40.8 Å². The van der Waals surface area contributed by atoms with Crippen molar-refractivity contribution in [1.29, 1.82) is 0 Å². The first-order valence-corrected chi connectivity index (χ1v) is 12.8. The van der Waals surface area contributed by atoms with Crippen molar-refractivity contribution in [1.82, 2.24) is 15.0 Å². The summed E-state index contributed by atoms with van der Waals surface area (Å²) < 4.78 is 0. The maximum absolute atomic E-state index is 6.64. The molecule has 1 aliphatic carbocycles. The van der Waals surface area contributed by atoms with Gasteiger partial charge < -0.3 is 15.5 Å². The fraction of sp³-hybridized carbons (Fsp3) is 0.400. The van der Waals surface area contributed by atoms with Gasteiger partial charge in [-0.1, -0.05) is 47.6 Å². The molecule has 1 spiro atoms. The number of nitrogen functional groups attached to an aromatic ring is 1. The van der Waals surface area contributed by atoms with Crippen LogP contribution in [0.4, 0.5) is 17.5 Å². The Balaban J connectivity index is 1.14. The summed E-state index contributed by atoms with van der Waals surface area (Å²) >= 11 is 8.10. The fourth-order valence-corrected chi connectivity index (χ4v) is 6.42. The van der Waals surface area contributed by atoms with E-state index in [1.54, 1.807) is 6.20 Å². The Labute approximate surface area is 203 Å². The minimum atomic E-state index is 0.404. The molecule has 170 valence electrons. The lowest BCUT2D eigenvalue weighted by Gasteiger charge is -2.40. The Morgan fingerprint density at radius 3 is 2.30 bits per heavy atom. The van der Waals surface area contributed by atoms with Crippen molar-refractivity contribution in [3.05, 3.63) is 58.9 Å². The smallest absolute Gasteiger partial charge is 0.158 e. The molecular weight excluding hydrogens is 452 g/mol. The van der Waals surface area contributed by atoms with E-state index >= 15 is 0 Å². The number of benzene rings is 1. The Kier molecular flexibility index (Phi) is 5.34. The second kappa shape index (κ2) is 8.37. The van der Waals surface area contributed by atoms with Crippen molar-refractivity contribution in [2.75, 3.05) is 41.7 Å². The molecule has 0 atom stereocenters. The minimum Gasteiger partial charge on any atom is -0.381 e. The number of rotatable bonds is 4. The van der Waals surface area contributed by atoms with E-state index in [4.69, 9.17) is 22.3 Å². The predicted octanol–water partition coefficient (Wildman–Crippen LogP) is 4.85. The number of fused-ring (bicyclic) bond motifs is 1. The molecule has 3 aromatic rings. The van der Waals surface area contributed by atoms with Gasteiger partial charge in [0.1, 0.15) is 16.7 Å². The zero-order valence-corrected chi connectivity index (χ0v) is 20.1. The molecule has 0 unspecified atom stereocenters. The molecule has 0 radical (unpaired) electrons. The van der Waals surface area contributed by atoms with Gasteiger partial charge in [-0.2, -0.15) is 0 Å². The first-order valence-electron chi connectivity index (χ1n) is 11.6. The van der Waals surface area contributed by atoms with Crippen LogP contribution in [-0.4, -0.2) is 41.1 Å². The number of aromatic nitrogens is 3. The summed E-state index contributed by atoms with van der Waals surface area (Å²) in [4.78, 5) is 19.2. The Bertz CT molecular complexity index is 1160. The van der Waals surface area contributed by atoms with E-state index in [2.05, 4.69) is 44.0 Å². The van der Waals surface area contributed by atoms with Gasteiger partial charge in [-0.05, 0) is 54.7 Å². The van der Waals surface area contributed by atoms with Crippen LogP contribution in [0.1, 0.15) is 30.4 Å². The average Bonchev–Trinajstić information content (AvgIpc) is 3.14. The third-order valence-corrected chi connectivity index (χ3v) is 8.90. The number of anilines is 3. The van der Waals surface area contributed by atoms with Gasteiger partial charge in [-0.25, -0.2) is 15.0 Å². The summed E-state index contributed by atoms with van der Waals surface area (Å²) in [5.41, 5.74) is 9.81. The summed E-state index contributed by atoms with van der Waals surface area (Å²) in [6, 6.07) is 10.8. The number of halogens is 1. The lowest BCUT2D eigenvalue weighted by atomic mass is 9.76. The van der Waals surface area contributed by atoms with Crippen molar-refractivity contribution in [2.24, 2.45) is 5.41 Å². The summed E-state index contributed by atoms with van der Waals surface area (Å²) in [5.74, 6) is 2.15. The zero-order valence-electron chi connectivity index (χ0n) is 18.5. The zero-order chi connectivity index (χ0) is 22.4. The van der Waals surface area contributed by atoms with E-state index in [1.165, 1.54) is 55.0 Å². The minimum absolute atomic E-state index is 0.404. The van der Waals surface area contributed by atoms with Crippen LogP contribution in [0.15, 0.2) is 52.6 Å². The summed E-state index contributed by atoms with van der Waals surface area (Å²) in [6.07, 6.45) is 9.58. The number of hydrogen-bond donors (Lipinski definition) is 1. The van der Waals surface area contributed by atoms with Crippen LogP contribution < -0.4 is 15.5 Å². The van der Waals surface area contributed by atoms with E-state index < -0.39 is 0 Å². The molecule has 2 N–H and O–H groups in total. The Hall–Kier alpha value is -2.51. The van der Waals surface area contributed by atoms with E-state index in [0.717, 1.165) is 42.7 Å². The summed E-state index contributed by atoms with van der Waals surface area (Å²) in [6.45, 7) is 3.98. The lowest BCUT2D eigenvalue weighted by Crippen LogP contribution is -2.41. The molecule has 2 saturated heterocycles. The highest BCUT2D eigenvalue weighted by molar-refractivity contribution is 7.99. The average molecular weight is 479 g/mol. The van der Waals surface area contributed by atoms with Crippen LogP contribution in [0.25, 0.3) is 0 Å². The van der Waals surface area contributed by atoms with Crippen molar-refractivity contribution < 1.29 is 0 Å². The molecule has 6 rings (SSSR count). The van der Waals surface area contributed by atoms with Crippen LogP contribution in [0.5, 0.6) is 0 Å². The first-order chi connectivity index (χ1) is 16.1. The summed E-state index contributed by atoms with van der Waals surface area (Å²) in [5, 5.41) is 1.34. The monoisotopic (exact) mass is 478 g/mol. The molecule has 0 bridgehead atoms. The van der Waals surface area contributed by atoms with Gasteiger partial charge in [0.05, 0.1) is 11.2 Å². The first kappa shape index (κ1) is 21.1. The number of nitrogens with two attached hydrogens (primary N) is 1. The van der Waals surface area contributed by atoms with Gasteiger partial charge in [0.2, 0.25) is 0 Å². The molecule has 0 saturated carbocycles. The van der Waals surface area contributed by atoms with Crippen LogP contribution >= 0.6 is 23.4 Å². The number of piperidine rings is 1. The molecule has 4 heterocycles. The maximum atomic E-state index is 6.64. The molecule has 8 heteroatoms. The second-order valence-corrected chi connectivity index (χ2v) is 10.8. The number of hydrogen-bond acceptors (Lipinski definition) is 7. The van der Waals surface area contributed by atoms with Crippen molar-refractivity contribution in [2.45, 2.75) is 42.0 Å². The third kappa shape index (κ3) is 3.91. The molecule has 6 nitrogen and oxygen atoms in total. The van der Waals surface area contributed by atoms with E-state index in [1.807, 2.05) is 12.3 Å². The van der Waals surface area contributed by atoms with Gasteiger partial charge >= 0.3 is 0 Å². The highest BCUT2D eigenvalue weighted by atomic mass is 35.5. The Morgan fingerprint density at radius 1 is 0.939 bits per heavy atom. The van der Waals surface area contributed by atoms with Crippen LogP contribution in [0, 0.1) is 5.41 Å². The highest BCUT2D eigenvalue weighted by Crippen LogP contribution is 2.45. The van der Waals surface area contributed by atoms with E-state index in [0.29, 0.717) is 21.3 Å². The number of nitrogens with zero attached hydrogens (tertiary/aromatic N) is 5. The quantitative estimate of drug-likeness (QED) is 0.574. The molecule has 33 heavy (non-hydrogen) atoms. The number of pyridine rings is 1. The van der Waals surface area contributed by atoms with Gasteiger partial charge in [-0.3, -0.25) is 0 Å². The predicted molar refractivity (Wildman–Crippen MR) is 134 cm³/mol. The highest BCUT2D eigenvalue weighted by Gasteiger charge is 2.40. The third-order valence-electron chi connectivity index (χ3n) is 7.35. The standard InChI is InChI=1S/C25H27ClN6S/c26-21-19(6-9-28-23(21)32-10-3-11-32)33-24-22(27)30-20(16-29-24)31-12-7-25(8-13-31)14-17-4-1-2-5-18(17)15-25/h1-2,4-6,9,16H,3,7-8,10-15H2,(H2,27,30). The molecule has 2 fully saturated rings. The van der Waals surface area contributed by atoms with Gasteiger partial charge in [0, 0.05) is 37.3 Å². The van der Waals surface area contributed by atoms with Gasteiger partial charge in [0.15, 0.2) is 5.82 Å². The molecule has 3 aliphatic rings. The molecule has 2 aliphatic heterocycles. The Morgan fingerprint density at radius 2 is 1.67 bits per heavy atom. The van der Waals surface area contributed by atoms with E-state index in [9.17, 15) is 0 Å². The molecular formula is C25H27ClN6S. The topological polar surface area (TPSA) is 71.2 Å². The van der Waals surface area contributed by atoms with Crippen molar-refractivity contribution in [3.63, 3.8) is 0 Å².